The molecule has 1 N–H and O–H groups in total. The average molecular weight is 799 g/mol. The third-order valence-electron chi connectivity index (χ3n) is 9.02. The summed E-state index contributed by atoms with van der Waals surface area (Å²) in [4.78, 5) is 26.9. The molecule has 2 unspecified atom stereocenters. The molecule has 5 nitrogen and oxygen atoms in total. The number of carboxylic acid groups (broad SMARTS) is 1. The first-order valence-electron chi connectivity index (χ1n) is 20.1. The van der Waals surface area contributed by atoms with Crippen LogP contribution in [0.2, 0.25) is 5.02 Å². The van der Waals surface area contributed by atoms with Crippen molar-refractivity contribution in [3.8, 4) is 11.3 Å². The van der Waals surface area contributed by atoms with Crippen LogP contribution in [0.4, 0.5) is 0 Å². The van der Waals surface area contributed by atoms with Gasteiger partial charge in [-0.15, -0.1) is 9.24 Å². The second kappa shape index (κ2) is 26.8. The molecule has 2 atom stereocenters. The normalized spacial score (nSPS) is 12.0. The van der Waals surface area contributed by atoms with E-state index in [1.54, 1.807) is 17.2 Å². The van der Waals surface area contributed by atoms with Gasteiger partial charge in [0.25, 0.3) is 0 Å². The van der Waals surface area contributed by atoms with E-state index in [1.165, 1.54) is 51.0 Å². The minimum atomic E-state index is -1.02. The van der Waals surface area contributed by atoms with Gasteiger partial charge in [0, 0.05) is 28.1 Å². The Balaban J connectivity index is 0. The highest BCUT2D eigenvalue weighted by molar-refractivity contribution is 7.28. The first-order chi connectivity index (χ1) is 25.4. The Kier molecular flexibility index (Phi) is 26.3. The number of hydrogen-bond acceptors (Lipinski definition) is 4. The molecular formula is C48H77ClNO4P. The number of rotatable bonds is 11. The molecule has 0 fully saturated rings. The summed E-state index contributed by atoms with van der Waals surface area (Å²) in [7, 11) is 2.64. The van der Waals surface area contributed by atoms with E-state index in [-0.39, 0.29) is 22.7 Å². The number of pyridine rings is 1. The molecule has 3 aromatic rings. The fraction of sp³-hybridized carbons (Fsp3) is 0.562. The van der Waals surface area contributed by atoms with Crippen molar-refractivity contribution >= 4 is 49.0 Å². The van der Waals surface area contributed by atoms with E-state index >= 15 is 0 Å². The van der Waals surface area contributed by atoms with Crippen molar-refractivity contribution in [1.82, 2.24) is 4.98 Å². The predicted octanol–water partition coefficient (Wildman–Crippen LogP) is 15.4. The topological polar surface area (TPSA) is 80.4 Å². The lowest BCUT2D eigenvalue weighted by molar-refractivity contribution is -0.132. The van der Waals surface area contributed by atoms with Crippen molar-refractivity contribution in [2.24, 2.45) is 17.3 Å². The minimum Gasteiger partial charge on any atom is -0.478 e. The smallest absolute Gasteiger partial charge is 0.335 e. The quantitative estimate of drug-likeness (QED) is 0.0687. The average Bonchev–Trinajstić information content (AvgIpc) is 3.55. The third kappa shape index (κ3) is 21.2. The van der Waals surface area contributed by atoms with E-state index in [1.807, 2.05) is 38.1 Å². The molecule has 0 radical (unpaired) electrons. The summed E-state index contributed by atoms with van der Waals surface area (Å²) in [6, 6.07) is 9.62. The van der Waals surface area contributed by atoms with Gasteiger partial charge in [0.05, 0.1) is 11.3 Å². The van der Waals surface area contributed by atoms with Crippen LogP contribution in [0.3, 0.4) is 0 Å². The molecule has 3 rings (SSSR count). The van der Waals surface area contributed by atoms with Gasteiger partial charge in [-0.2, -0.15) is 0 Å². The molecule has 1 aromatic carbocycles. The molecule has 0 aliphatic heterocycles. The summed E-state index contributed by atoms with van der Waals surface area (Å²) in [5.41, 5.74) is 7.87. The van der Waals surface area contributed by atoms with E-state index < -0.39 is 5.97 Å². The monoisotopic (exact) mass is 798 g/mol. The largest absolute Gasteiger partial charge is 0.478 e. The SMILES string of the molecule is C=CC(=C)C(=O)O.CC(C)C(=O)c1cc2nc(-c3ccc(Cl)c(P)c3)cc(C(C)(C)C)c2o1.CCC/C(C)=C(/C)C(C)CC.CCCC.CCCC(C)(C)C. The Labute approximate surface area is 344 Å². The minimum absolute atomic E-state index is 0.0110. The maximum Gasteiger partial charge on any atom is 0.335 e. The van der Waals surface area contributed by atoms with E-state index in [2.05, 4.69) is 119 Å². The Morgan fingerprint density at radius 1 is 0.927 bits per heavy atom. The molecule has 55 heavy (non-hydrogen) atoms. The number of benzene rings is 1. The summed E-state index contributed by atoms with van der Waals surface area (Å²) in [6.45, 7) is 41.2. The van der Waals surface area contributed by atoms with Crippen LogP contribution < -0.4 is 5.30 Å². The summed E-state index contributed by atoms with van der Waals surface area (Å²) in [5, 5.41) is 9.63. The maximum absolute atomic E-state index is 12.4. The first-order valence-corrected chi connectivity index (χ1v) is 21.1. The molecule has 0 saturated heterocycles. The summed E-state index contributed by atoms with van der Waals surface area (Å²) < 4.78 is 5.95. The van der Waals surface area contributed by atoms with Crippen LogP contribution in [0.25, 0.3) is 22.4 Å². The molecule has 0 aliphatic carbocycles. The molecular weight excluding hydrogens is 721 g/mol. The molecule has 0 saturated carbocycles. The van der Waals surface area contributed by atoms with Gasteiger partial charge in [-0.05, 0) is 73.4 Å². The number of Topliss-reactive ketones (excluding diaryl/α,β-unsaturated/α-hetero) is 1. The number of carbonyl (C=O) groups excluding carboxylic acids is 1. The fourth-order valence-corrected chi connectivity index (χ4v) is 5.37. The lowest BCUT2D eigenvalue weighted by Crippen LogP contribution is -2.12. The van der Waals surface area contributed by atoms with Crippen molar-refractivity contribution in [3.05, 3.63) is 82.6 Å². The van der Waals surface area contributed by atoms with Gasteiger partial charge >= 0.3 is 5.97 Å². The number of ketones is 1. The lowest BCUT2D eigenvalue weighted by atomic mass is 9.86. The summed E-state index contributed by atoms with van der Waals surface area (Å²) in [6.07, 6.45) is 10.3. The lowest BCUT2D eigenvalue weighted by Gasteiger charge is -2.20. The second-order valence-corrected chi connectivity index (χ2v) is 17.8. The molecule has 7 heteroatoms. The van der Waals surface area contributed by atoms with Gasteiger partial charge in [0.2, 0.25) is 5.78 Å². The number of unbranched alkanes of at least 4 members (excludes halogenated alkanes) is 1. The number of aromatic nitrogens is 1. The first kappa shape index (κ1) is 54.1. The van der Waals surface area contributed by atoms with Crippen LogP contribution in [0.5, 0.6) is 0 Å². The van der Waals surface area contributed by atoms with Gasteiger partial charge < -0.3 is 9.52 Å². The predicted molar refractivity (Wildman–Crippen MR) is 246 cm³/mol. The Bertz CT molecular complexity index is 1670. The van der Waals surface area contributed by atoms with Crippen molar-refractivity contribution in [3.63, 3.8) is 0 Å². The van der Waals surface area contributed by atoms with E-state index in [4.69, 9.17) is 26.1 Å². The van der Waals surface area contributed by atoms with Crippen molar-refractivity contribution in [1.29, 1.82) is 0 Å². The van der Waals surface area contributed by atoms with Crippen LogP contribution >= 0.6 is 20.8 Å². The number of halogens is 1. The van der Waals surface area contributed by atoms with Crippen molar-refractivity contribution in [2.75, 3.05) is 0 Å². The number of nitrogens with zero attached hydrogens (tertiary/aromatic N) is 1. The highest BCUT2D eigenvalue weighted by Crippen LogP contribution is 2.35. The molecule has 0 amide bonds. The van der Waals surface area contributed by atoms with Crippen LogP contribution in [-0.4, -0.2) is 21.8 Å². The Hall–Kier alpha value is -3.01. The standard InChI is InChI=1S/C21H23ClNO2P.C11H22.C7H16.C5H6O2.C4H10/c1-11(2)19(24)17-10-16-20(25-17)13(21(3,4)5)9-15(23-16)12-6-7-14(22)18(26)8-12;1-6-8-10(4)11(5)9(3)7-2;1-5-6-7(2,3)4;1-3-4(2)5(6)7;1-3-4-2/h6-11H,26H2,1-5H3;9H,6-8H2,1-5H3;5-6H2,1-4H3;3H,1-2H2,(H,6,7);3-4H2,1-2H3/b;11-10-;;;. The molecule has 2 heterocycles. The van der Waals surface area contributed by atoms with E-state index in [0.717, 1.165) is 28.0 Å². The summed E-state index contributed by atoms with van der Waals surface area (Å²) in [5.74, 6) is -0.00301. The number of aliphatic carboxylic acids is 1. The van der Waals surface area contributed by atoms with Gasteiger partial charge in [-0.3, -0.25) is 4.79 Å². The number of furan rings is 1. The maximum atomic E-state index is 12.4. The van der Waals surface area contributed by atoms with Crippen LogP contribution in [0.15, 0.2) is 70.7 Å². The van der Waals surface area contributed by atoms with Crippen LogP contribution in [0, 0.1) is 17.3 Å². The van der Waals surface area contributed by atoms with Crippen molar-refractivity contribution in [2.45, 2.75) is 161 Å². The van der Waals surface area contributed by atoms with Gasteiger partial charge in [-0.1, -0.05) is 171 Å². The summed E-state index contributed by atoms with van der Waals surface area (Å²) >= 11 is 6.14. The van der Waals surface area contributed by atoms with Gasteiger partial charge in [0.15, 0.2) is 11.3 Å². The number of carbonyl (C=O) groups is 2. The zero-order valence-electron chi connectivity index (χ0n) is 37.6. The fourth-order valence-electron chi connectivity index (χ4n) is 4.97. The van der Waals surface area contributed by atoms with E-state index in [0.29, 0.717) is 27.3 Å². The highest BCUT2D eigenvalue weighted by atomic mass is 35.5. The molecule has 0 aliphatic rings. The number of hydrogen-bond donors (Lipinski definition) is 1. The Morgan fingerprint density at radius 2 is 1.49 bits per heavy atom. The van der Waals surface area contributed by atoms with Gasteiger partial charge in [-0.25, -0.2) is 9.78 Å². The number of allylic oxidation sites excluding steroid dienone is 2. The van der Waals surface area contributed by atoms with Gasteiger partial charge in [0.1, 0.15) is 5.52 Å². The van der Waals surface area contributed by atoms with E-state index in [9.17, 15) is 9.59 Å². The third-order valence-corrected chi connectivity index (χ3v) is 10.0. The second-order valence-electron chi connectivity index (χ2n) is 16.8. The zero-order valence-corrected chi connectivity index (χ0v) is 39.5. The molecule has 2 aromatic heterocycles. The van der Waals surface area contributed by atoms with Crippen molar-refractivity contribution < 1.29 is 19.1 Å². The van der Waals surface area contributed by atoms with Crippen LogP contribution in [-0.2, 0) is 10.2 Å². The molecule has 0 spiro atoms. The molecule has 310 valence electrons. The molecule has 0 bridgehead atoms. The highest BCUT2D eigenvalue weighted by Gasteiger charge is 2.25. The number of fused-ring (bicyclic) bond motifs is 1. The number of carboxylic acids is 1. The van der Waals surface area contributed by atoms with Crippen LogP contribution in [0.1, 0.15) is 172 Å². The zero-order chi connectivity index (χ0) is 43.3. The Morgan fingerprint density at radius 3 is 1.84 bits per heavy atom.